The second-order valence-corrected chi connectivity index (χ2v) is 7.60. The third-order valence-corrected chi connectivity index (χ3v) is 5.58. The highest BCUT2D eigenvalue weighted by atomic mass is 127. The Morgan fingerprint density at radius 2 is 2.00 bits per heavy atom. The van der Waals surface area contributed by atoms with E-state index in [-0.39, 0.29) is 36.1 Å². The lowest BCUT2D eigenvalue weighted by Gasteiger charge is -2.32. The number of halogens is 1. The SMILES string of the molecule is CCNC(=NCC(c1ccco1)N1CCCC1)NC1CCN(C(=O)OCC)CC1.I. The van der Waals surface area contributed by atoms with Gasteiger partial charge in [0.25, 0.3) is 0 Å². The minimum atomic E-state index is -0.210. The fourth-order valence-electron chi connectivity index (χ4n) is 4.03. The van der Waals surface area contributed by atoms with E-state index in [1.54, 1.807) is 11.2 Å². The van der Waals surface area contributed by atoms with E-state index in [0.717, 1.165) is 44.2 Å². The van der Waals surface area contributed by atoms with E-state index in [0.29, 0.717) is 32.3 Å². The van der Waals surface area contributed by atoms with E-state index in [4.69, 9.17) is 14.1 Å². The van der Waals surface area contributed by atoms with Gasteiger partial charge < -0.3 is 24.7 Å². The van der Waals surface area contributed by atoms with Crippen molar-refractivity contribution >= 4 is 36.0 Å². The van der Waals surface area contributed by atoms with Crippen molar-refractivity contribution in [3.63, 3.8) is 0 Å². The first-order valence-electron chi connectivity index (χ1n) is 10.9. The summed E-state index contributed by atoms with van der Waals surface area (Å²) in [5, 5.41) is 6.91. The zero-order valence-corrected chi connectivity index (χ0v) is 20.5. The molecule has 2 fully saturated rings. The third-order valence-electron chi connectivity index (χ3n) is 5.58. The zero-order valence-electron chi connectivity index (χ0n) is 18.1. The van der Waals surface area contributed by atoms with Gasteiger partial charge in [-0.2, -0.15) is 0 Å². The van der Waals surface area contributed by atoms with Crippen LogP contribution in [-0.4, -0.2) is 73.8 Å². The van der Waals surface area contributed by atoms with Crippen molar-refractivity contribution in [3.05, 3.63) is 24.2 Å². The second-order valence-electron chi connectivity index (χ2n) is 7.60. The molecule has 2 N–H and O–H groups in total. The summed E-state index contributed by atoms with van der Waals surface area (Å²) in [5.41, 5.74) is 0. The van der Waals surface area contributed by atoms with Crippen molar-refractivity contribution in [2.45, 2.75) is 51.6 Å². The van der Waals surface area contributed by atoms with Crippen LogP contribution >= 0.6 is 24.0 Å². The number of nitrogens with zero attached hydrogens (tertiary/aromatic N) is 3. The summed E-state index contributed by atoms with van der Waals surface area (Å²) < 4.78 is 10.8. The topological polar surface area (TPSA) is 82.3 Å². The molecule has 1 unspecified atom stereocenters. The molecule has 2 aliphatic heterocycles. The summed E-state index contributed by atoms with van der Waals surface area (Å²) in [5.74, 6) is 1.81. The van der Waals surface area contributed by atoms with Crippen molar-refractivity contribution in [2.75, 3.05) is 45.9 Å². The molecule has 9 heteroatoms. The predicted molar refractivity (Wildman–Crippen MR) is 128 cm³/mol. The maximum absolute atomic E-state index is 11.9. The lowest BCUT2D eigenvalue weighted by Crippen LogP contribution is -2.50. The molecule has 0 radical (unpaired) electrons. The van der Waals surface area contributed by atoms with Crippen LogP contribution < -0.4 is 10.6 Å². The Labute approximate surface area is 196 Å². The molecule has 0 aliphatic carbocycles. The van der Waals surface area contributed by atoms with Crippen LogP contribution in [0.5, 0.6) is 0 Å². The fourth-order valence-corrected chi connectivity index (χ4v) is 4.03. The van der Waals surface area contributed by atoms with Gasteiger partial charge >= 0.3 is 6.09 Å². The molecule has 2 aliphatic rings. The van der Waals surface area contributed by atoms with E-state index >= 15 is 0 Å². The molecule has 0 aromatic carbocycles. The lowest BCUT2D eigenvalue weighted by molar-refractivity contribution is 0.0963. The van der Waals surface area contributed by atoms with Gasteiger partial charge in [-0.3, -0.25) is 9.89 Å². The Bertz CT molecular complexity index is 641. The summed E-state index contributed by atoms with van der Waals surface area (Å²) in [7, 11) is 0. The molecule has 1 aromatic heterocycles. The Kier molecular flexibility index (Phi) is 10.8. The van der Waals surface area contributed by atoms with Crippen molar-refractivity contribution in [2.24, 2.45) is 4.99 Å². The average Bonchev–Trinajstić information content (AvgIpc) is 3.44. The van der Waals surface area contributed by atoms with E-state index in [9.17, 15) is 4.79 Å². The summed E-state index contributed by atoms with van der Waals surface area (Å²) in [6, 6.07) is 4.47. The van der Waals surface area contributed by atoms with Crippen LogP contribution in [0.4, 0.5) is 4.79 Å². The molecule has 1 aromatic rings. The first-order chi connectivity index (χ1) is 14.2. The molecule has 8 nitrogen and oxygen atoms in total. The number of carbonyl (C=O) groups excluding carboxylic acids is 1. The number of piperidine rings is 1. The van der Waals surface area contributed by atoms with Crippen LogP contribution in [-0.2, 0) is 4.74 Å². The number of likely N-dealkylation sites (tertiary alicyclic amines) is 2. The summed E-state index contributed by atoms with van der Waals surface area (Å²) in [6.45, 7) is 9.40. The Morgan fingerprint density at radius 3 is 2.60 bits per heavy atom. The molecule has 2 saturated heterocycles. The van der Waals surface area contributed by atoms with Crippen LogP contribution in [0.3, 0.4) is 0 Å². The first kappa shape index (κ1) is 24.8. The standard InChI is InChI=1S/C21H35N5O3.HI/c1-3-22-20(24-17-9-13-26(14-10-17)21(27)28-4-2)23-16-18(19-8-7-15-29-19)25-11-5-6-12-25;/h7-8,15,17-18H,3-6,9-14,16H2,1-2H3,(H2,22,23,24);1H. The highest BCUT2D eigenvalue weighted by molar-refractivity contribution is 14.0. The quantitative estimate of drug-likeness (QED) is 0.318. The van der Waals surface area contributed by atoms with Crippen LogP contribution in [0.25, 0.3) is 0 Å². The number of hydrogen-bond acceptors (Lipinski definition) is 5. The fraction of sp³-hybridized carbons (Fsp3) is 0.714. The molecule has 30 heavy (non-hydrogen) atoms. The summed E-state index contributed by atoms with van der Waals surface area (Å²) >= 11 is 0. The molecule has 1 atom stereocenters. The van der Waals surface area contributed by atoms with Gasteiger partial charge in [0.05, 0.1) is 25.5 Å². The van der Waals surface area contributed by atoms with Gasteiger partial charge in [0.2, 0.25) is 0 Å². The average molecular weight is 533 g/mol. The van der Waals surface area contributed by atoms with E-state index in [1.807, 2.05) is 19.1 Å². The number of carbonyl (C=O) groups is 1. The van der Waals surface area contributed by atoms with Gasteiger partial charge in [-0.25, -0.2) is 4.79 Å². The highest BCUT2D eigenvalue weighted by Gasteiger charge is 2.26. The highest BCUT2D eigenvalue weighted by Crippen LogP contribution is 2.25. The number of aliphatic imine (C=N–C) groups is 1. The van der Waals surface area contributed by atoms with Gasteiger partial charge in [0, 0.05) is 25.7 Å². The minimum absolute atomic E-state index is 0. The van der Waals surface area contributed by atoms with Gasteiger partial charge in [0.1, 0.15) is 5.76 Å². The molecule has 1 amide bonds. The Hall–Kier alpha value is -1.49. The molecule has 3 heterocycles. The number of nitrogens with one attached hydrogen (secondary N) is 2. The number of rotatable bonds is 7. The summed E-state index contributed by atoms with van der Waals surface area (Å²) in [6.07, 6.45) is 5.77. The number of ether oxygens (including phenoxy) is 1. The van der Waals surface area contributed by atoms with E-state index in [1.165, 1.54) is 12.8 Å². The van der Waals surface area contributed by atoms with Crippen molar-refractivity contribution in [1.29, 1.82) is 0 Å². The second kappa shape index (κ2) is 13.0. The van der Waals surface area contributed by atoms with Crippen LogP contribution in [0, 0.1) is 0 Å². The van der Waals surface area contributed by atoms with Crippen LogP contribution in [0.15, 0.2) is 27.8 Å². The zero-order chi connectivity index (χ0) is 20.5. The van der Waals surface area contributed by atoms with Crippen molar-refractivity contribution < 1.29 is 13.9 Å². The molecule has 0 spiro atoms. The third kappa shape index (κ3) is 7.04. The molecule has 3 rings (SSSR count). The van der Waals surface area contributed by atoms with Crippen molar-refractivity contribution in [3.8, 4) is 0 Å². The van der Waals surface area contributed by atoms with Gasteiger partial charge in [0.15, 0.2) is 5.96 Å². The summed E-state index contributed by atoms with van der Waals surface area (Å²) in [4.78, 5) is 21.0. The van der Waals surface area contributed by atoms with Gasteiger partial charge in [-0.15, -0.1) is 24.0 Å². The molecule has 170 valence electrons. The Morgan fingerprint density at radius 1 is 1.27 bits per heavy atom. The largest absolute Gasteiger partial charge is 0.468 e. The predicted octanol–water partition coefficient (Wildman–Crippen LogP) is 3.21. The Balaban J connectivity index is 0.00000320. The minimum Gasteiger partial charge on any atom is -0.468 e. The normalized spacial score (nSPS) is 19.3. The maximum Gasteiger partial charge on any atom is 0.409 e. The monoisotopic (exact) mass is 533 g/mol. The van der Waals surface area contributed by atoms with E-state index in [2.05, 4.69) is 22.5 Å². The number of guanidine groups is 1. The van der Waals surface area contributed by atoms with E-state index < -0.39 is 0 Å². The van der Waals surface area contributed by atoms with Crippen LogP contribution in [0.1, 0.15) is 51.3 Å². The van der Waals surface area contributed by atoms with Crippen LogP contribution in [0.2, 0.25) is 0 Å². The molecule has 0 bridgehead atoms. The first-order valence-corrected chi connectivity index (χ1v) is 10.9. The molecule has 0 saturated carbocycles. The smallest absolute Gasteiger partial charge is 0.409 e. The van der Waals surface area contributed by atoms with Crippen molar-refractivity contribution in [1.82, 2.24) is 20.4 Å². The number of amides is 1. The molecular weight excluding hydrogens is 497 g/mol. The van der Waals surface area contributed by atoms with Gasteiger partial charge in [-0.05, 0) is 64.8 Å². The molecular formula is C21H36IN5O3. The van der Waals surface area contributed by atoms with Gasteiger partial charge in [-0.1, -0.05) is 0 Å². The number of hydrogen-bond donors (Lipinski definition) is 2. The maximum atomic E-state index is 11.9. The lowest BCUT2D eigenvalue weighted by atomic mass is 10.1. The number of furan rings is 1.